The molecule has 1 N–H and O–H groups in total. The Morgan fingerprint density at radius 2 is 1.50 bits per heavy atom. The molecule has 2 heterocycles. The largest absolute Gasteiger partial charge is 0.496 e. The van der Waals surface area contributed by atoms with E-state index >= 15 is 0 Å². The molecule has 0 radical (unpaired) electrons. The van der Waals surface area contributed by atoms with Crippen molar-refractivity contribution in [1.29, 1.82) is 0 Å². The standard InChI is InChI=1S/C26H29N3O3/c1-32-23-13-5-3-9-20(23)25(30)28-14-7-15-29(17-16-28)26(31)21-11-6-10-19-18-8-2-4-12-22(18)27-24(19)21/h3,5-6,9-11,13,27H,2,4,7-8,12,14-17H2,1H3. The molecule has 0 spiro atoms. The van der Waals surface area contributed by atoms with Crippen molar-refractivity contribution in [3.8, 4) is 5.75 Å². The van der Waals surface area contributed by atoms with Crippen LogP contribution in [0.25, 0.3) is 10.9 Å². The molecule has 0 atom stereocenters. The number of carbonyl (C=O) groups excluding carboxylic acids is 2. The first kappa shape index (κ1) is 20.6. The van der Waals surface area contributed by atoms with Gasteiger partial charge in [0.25, 0.3) is 11.8 Å². The number of amides is 2. The molecule has 2 amide bonds. The summed E-state index contributed by atoms with van der Waals surface area (Å²) in [6.07, 6.45) is 5.30. The van der Waals surface area contributed by atoms with Crippen LogP contribution in [-0.4, -0.2) is 59.9 Å². The number of para-hydroxylation sites is 2. The summed E-state index contributed by atoms with van der Waals surface area (Å²) in [5.41, 5.74) is 4.94. The number of carbonyl (C=O) groups is 2. The van der Waals surface area contributed by atoms with Crippen molar-refractivity contribution in [2.45, 2.75) is 32.1 Å². The molecular formula is C26H29N3O3. The van der Waals surface area contributed by atoms with Crippen LogP contribution in [0.1, 0.15) is 51.2 Å². The van der Waals surface area contributed by atoms with E-state index in [9.17, 15) is 9.59 Å². The molecule has 2 aromatic carbocycles. The summed E-state index contributed by atoms with van der Waals surface area (Å²) in [5.74, 6) is 0.578. The zero-order chi connectivity index (χ0) is 22.1. The third-order valence-corrected chi connectivity index (χ3v) is 6.77. The second-order valence-electron chi connectivity index (χ2n) is 8.66. The number of aryl methyl sites for hydroxylation is 2. The molecule has 1 aliphatic heterocycles. The first-order valence-corrected chi connectivity index (χ1v) is 11.5. The Kier molecular flexibility index (Phi) is 5.60. The van der Waals surface area contributed by atoms with Crippen molar-refractivity contribution >= 4 is 22.7 Å². The van der Waals surface area contributed by atoms with Gasteiger partial charge >= 0.3 is 0 Å². The zero-order valence-corrected chi connectivity index (χ0v) is 18.5. The molecule has 5 rings (SSSR count). The molecule has 1 saturated heterocycles. The second-order valence-corrected chi connectivity index (χ2v) is 8.66. The number of methoxy groups -OCH3 is 1. The SMILES string of the molecule is COc1ccccc1C(=O)N1CCCN(C(=O)c2cccc3c4c([nH]c23)CCCC4)CC1. The molecule has 1 fully saturated rings. The first-order chi connectivity index (χ1) is 15.7. The number of aromatic amines is 1. The van der Waals surface area contributed by atoms with Gasteiger partial charge in [-0.3, -0.25) is 9.59 Å². The van der Waals surface area contributed by atoms with Gasteiger partial charge in [-0.1, -0.05) is 24.3 Å². The van der Waals surface area contributed by atoms with Gasteiger partial charge < -0.3 is 19.5 Å². The number of ether oxygens (including phenoxy) is 1. The predicted octanol–water partition coefficient (Wildman–Crippen LogP) is 4.04. The minimum atomic E-state index is -0.0455. The molecular weight excluding hydrogens is 402 g/mol. The van der Waals surface area contributed by atoms with Crippen LogP contribution in [-0.2, 0) is 12.8 Å². The quantitative estimate of drug-likeness (QED) is 0.681. The van der Waals surface area contributed by atoms with Crippen molar-refractivity contribution in [3.05, 3.63) is 64.8 Å². The fourth-order valence-electron chi connectivity index (χ4n) is 5.09. The second kappa shape index (κ2) is 8.69. The number of hydrogen-bond acceptors (Lipinski definition) is 3. The van der Waals surface area contributed by atoms with Gasteiger partial charge in [-0.05, 0) is 55.9 Å². The summed E-state index contributed by atoms with van der Waals surface area (Å²) in [6.45, 7) is 2.31. The van der Waals surface area contributed by atoms with Crippen molar-refractivity contribution in [3.63, 3.8) is 0 Å². The highest BCUT2D eigenvalue weighted by Crippen LogP contribution is 2.31. The van der Waals surface area contributed by atoms with Gasteiger partial charge in [-0.25, -0.2) is 0 Å². The highest BCUT2D eigenvalue weighted by atomic mass is 16.5. The summed E-state index contributed by atoms with van der Waals surface area (Å²) in [6, 6.07) is 13.4. The van der Waals surface area contributed by atoms with E-state index < -0.39 is 0 Å². The van der Waals surface area contributed by atoms with Gasteiger partial charge in [0.15, 0.2) is 0 Å². The van der Waals surface area contributed by atoms with Gasteiger partial charge in [-0.2, -0.15) is 0 Å². The van der Waals surface area contributed by atoms with E-state index in [2.05, 4.69) is 11.1 Å². The molecule has 0 saturated carbocycles. The van der Waals surface area contributed by atoms with Gasteiger partial charge in [0, 0.05) is 37.3 Å². The molecule has 3 aromatic rings. The number of rotatable bonds is 3. The molecule has 6 nitrogen and oxygen atoms in total. The highest BCUT2D eigenvalue weighted by molar-refractivity contribution is 6.07. The minimum absolute atomic E-state index is 0.0424. The van der Waals surface area contributed by atoms with Crippen molar-refractivity contribution in [1.82, 2.24) is 14.8 Å². The maximum absolute atomic E-state index is 13.5. The van der Waals surface area contributed by atoms with Gasteiger partial charge in [0.05, 0.1) is 23.8 Å². The Labute approximate surface area is 188 Å². The van der Waals surface area contributed by atoms with Crippen LogP contribution in [0.2, 0.25) is 0 Å². The molecule has 0 bridgehead atoms. The van der Waals surface area contributed by atoms with Gasteiger partial charge in [0.1, 0.15) is 5.75 Å². The molecule has 1 aromatic heterocycles. The van der Waals surface area contributed by atoms with E-state index in [0.717, 1.165) is 30.3 Å². The van der Waals surface area contributed by atoms with E-state index in [1.807, 2.05) is 34.1 Å². The Morgan fingerprint density at radius 1 is 0.812 bits per heavy atom. The van der Waals surface area contributed by atoms with Crippen molar-refractivity contribution in [2.24, 2.45) is 0 Å². The topological polar surface area (TPSA) is 65.6 Å². The number of hydrogen-bond donors (Lipinski definition) is 1. The first-order valence-electron chi connectivity index (χ1n) is 11.5. The predicted molar refractivity (Wildman–Crippen MR) is 124 cm³/mol. The third-order valence-electron chi connectivity index (χ3n) is 6.77. The van der Waals surface area contributed by atoms with Crippen LogP contribution in [0.3, 0.4) is 0 Å². The van der Waals surface area contributed by atoms with E-state index in [4.69, 9.17) is 4.74 Å². The van der Waals surface area contributed by atoms with E-state index in [1.165, 1.54) is 29.5 Å². The lowest BCUT2D eigenvalue weighted by atomic mass is 9.95. The normalized spacial score (nSPS) is 16.5. The van der Waals surface area contributed by atoms with Crippen LogP contribution in [0.5, 0.6) is 5.75 Å². The van der Waals surface area contributed by atoms with Gasteiger partial charge in [0.2, 0.25) is 0 Å². The summed E-state index contributed by atoms with van der Waals surface area (Å²) in [5, 5.41) is 1.19. The van der Waals surface area contributed by atoms with Crippen molar-refractivity contribution < 1.29 is 14.3 Å². The molecule has 2 aliphatic rings. The molecule has 0 unspecified atom stereocenters. The fourth-order valence-corrected chi connectivity index (χ4v) is 5.09. The lowest BCUT2D eigenvalue weighted by Crippen LogP contribution is -2.37. The third kappa shape index (κ3) is 3.64. The lowest BCUT2D eigenvalue weighted by molar-refractivity contribution is 0.0717. The number of aromatic nitrogens is 1. The summed E-state index contributed by atoms with van der Waals surface area (Å²) < 4.78 is 5.37. The number of nitrogens with one attached hydrogen (secondary N) is 1. The van der Waals surface area contributed by atoms with Crippen LogP contribution in [0.4, 0.5) is 0 Å². The number of H-pyrrole nitrogens is 1. The molecule has 166 valence electrons. The van der Waals surface area contributed by atoms with Crippen LogP contribution in [0.15, 0.2) is 42.5 Å². The Morgan fingerprint density at radius 3 is 2.28 bits per heavy atom. The van der Waals surface area contributed by atoms with Crippen LogP contribution >= 0.6 is 0 Å². The summed E-state index contributed by atoms with van der Waals surface area (Å²) >= 11 is 0. The van der Waals surface area contributed by atoms with E-state index in [0.29, 0.717) is 37.5 Å². The van der Waals surface area contributed by atoms with Gasteiger partial charge in [-0.15, -0.1) is 0 Å². The molecule has 32 heavy (non-hydrogen) atoms. The molecule has 6 heteroatoms. The van der Waals surface area contributed by atoms with Crippen LogP contribution in [0, 0.1) is 0 Å². The Hall–Kier alpha value is -3.28. The lowest BCUT2D eigenvalue weighted by Gasteiger charge is -2.23. The number of benzene rings is 2. The summed E-state index contributed by atoms with van der Waals surface area (Å²) in [4.78, 5) is 33.9. The maximum atomic E-state index is 13.5. The Balaban J connectivity index is 1.35. The summed E-state index contributed by atoms with van der Waals surface area (Å²) in [7, 11) is 1.58. The Bertz CT molecular complexity index is 1170. The number of nitrogens with zero attached hydrogens (tertiary/aromatic N) is 2. The highest BCUT2D eigenvalue weighted by Gasteiger charge is 2.27. The smallest absolute Gasteiger partial charge is 0.257 e. The molecule has 1 aliphatic carbocycles. The maximum Gasteiger partial charge on any atom is 0.257 e. The fraction of sp³-hybridized carbons (Fsp3) is 0.385. The average Bonchev–Trinajstić information content (AvgIpc) is 3.04. The van der Waals surface area contributed by atoms with Crippen LogP contribution < -0.4 is 4.74 Å². The van der Waals surface area contributed by atoms with E-state index in [-0.39, 0.29) is 11.8 Å². The van der Waals surface area contributed by atoms with E-state index in [1.54, 1.807) is 19.2 Å². The zero-order valence-electron chi connectivity index (χ0n) is 18.5. The number of fused-ring (bicyclic) bond motifs is 3. The average molecular weight is 432 g/mol. The monoisotopic (exact) mass is 431 g/mol. The van der Waals surface area contributed by atoms with Crippen molar-refractivity contribution in [2.75, 3.05) is 33.3 Å². The minimum Gasteiger partial charge on any atom is -0.496 e.